The summed E-state index contributed by atoms with van der Waals surface area (Å²) < 4.78 is 57.6. The quantitative estimate of drug-likeness (QED) is 0.284. The molecule has 0 spiro atoms. The number of amides is 1. The van der Waals surface area contributed by atoms with Crippen LogP contribution in [0.15, 0.2) is 35.7 Å². The molecule has 0 aliphatic carbocycles. The fourth-order valence-electron chi connectivity index (χ4n) is 4.27. The maximum absolute atomic E-state index is 13.6. The molecule has 1 amide bonds. The van der Waals surface area contributed by atoms with E-state index in [1.165, 1.54) is 0 Å². The monoisotopic (exact) mass is 645 g/mol. The predicted octanol–water partition coefficient (Wildman–Crippen LogP) is 4.43. The van der Waals surface area contributed by atoms with Crippen molar-refractivity contribution in [3.63, 3.8) is 0 Å². The first kappa shape index (κ1) is 32.9. The van der Waals surface area contributed by atoms with Crippen molar-refractivity contribution < 1.29 is 31.1 Å². The van der Waals surface area contributed by atoms with Gasteiger partial charge in [-0.3, -0.25) is 4.79 Å². The van der Waals surface area contributed by atoms with Crippen LogP contribution < -0.4 is 14.2 Å². The van der Waals surface area contributed by atoms with Crippen molar-refractivity contribution in [2.24, 2.45) is 0 Å². The standard InChI is InChI=1S/C26H33N3O5S2.CH3ClO2S/c1-26(2,3)28(4)25(30)20-15-19(23-8-7-13-35-23)24-18-16-22(34-12-10-27-36(6,31)32)21(33-5)14-17(18)9-11-29(20)24;1-5(2,3)4/h7-8,13-16,27H,9-12H2,1-6H3;1H3. The van der Waals surface area contributed by atoms with Gasteiger partial charge >= 0.3 is 0 Å². The van der Waals surface area contributed by atoms with Crippen molar-refractivity contribution in [1.29, 1.82) is 0 Å². The van der Waals surface area contributed by atoms with E-state index in [0.29, 0.717) is 23.7 Å². The first-order valence-corrected chi connectivity index (χ1v) is 18.1. The van der Waals surface area contributed by atoms with Gasteiger partial charge in [0.1, 0.15) is 12.3 Å². The van der Waals surface area contributed by atoms with Crippen LogP contribution in [-0.4, -0.2) is 77.6 Å². The van der Waals surface area contributed by atoms with E-state index < -0.39 is 19.1 Å². The van der Waals surface area contributed by atoms with Gasteiger partial charge in [-0.1, -0.05) is 6.07 Å². The lowest BCUT2D eigenvalue weighted by molar-refractivity contribution is 0.0644. The Hall–Kier alpha value is -2.58. The highest BCUT2D eigenvalue weighted by molar-refractivity contribution is 8.13. The van der Waals surface area contributed by atoms with E-state index in [1.54, 1.807) is 23.3 Å². The van der Waals surface area contributed by atoms with E-state index in [-0.39, 0.29) is 24.6 Å². The highest BCUT2D eigenvalue weighted by atomic mass is 35.7. The molecule has 0 unspecified atom stereocenters. The number of aryl methyl sites for hydroxylation is 1. The Bertz CT molecular complexity index is 1600. The number of nitrogens with one attached hydrogen (secondary N) is 1. The van der Waals surface area contributed by atoms with Gasteiger partial charge in [0.15, 0.2) is 11.5 Å². The fraction of sp³-hybridized carbons (Fsp3) is 0.444. The molecule has 41 heavy (non-hydrogen) atoms. The minimum Gasteiger partial charge on any atom is -0.493 e. The van der Waals surface area contributed by atoms with Crippen molar-refractivity contribution in [2.45, 2.75) is 39.3 Å². The second-order valence-electron chi connectivity index (χ2n) is 10.6. The molecule has 0 radical (unpaired) electrons. The van der Waals surface area contributed by atoms with E-state index in [1.807, 2.05) is 57.5 Å². The molecule has 0 fully saturated rings. The predicted molar refractivity (Wildman–Crippen MR) is 164 cm³/mol. The van der Waals surface area contributed by atoms with Crippen LogP contribution in [0.1, 0.15) is 36.8 Å². The number of methoxy groups -OCH3 is 1. The van der Waals surface area contributed by atoms with E-state index in [2.05, 4.69) is 26.0 Å². The third kappa shape index (κ3) is 8.71. The summed E-state index contributed by atoms with van der Waals surface area (Å²) in [7, 11) is 1.43. The minimum absolute atomic E-state index is 0.0214. The lowest BCUT2D eigenvalue weighted by atomic mass is 9.95. The van der Waals surface area contributed by atoms with Gasteiger partial charge in [-0.15, -0.1) is 11.3 Å². The molecule has 1 aliphatic rings. The van der Waals surface area contributed by atoms with Gasteiger partial charge in [0.25, 0.3) is 5.91 Å². The van der Waals surface area contributed by atoms with Gasteiger partial charge < -0.3 is 18.9 Å². The molecule has 10 nitrogen and oxygen atoms in total. The summed E-state index contributed by atoms with van der Waals surface area (Å²) in [6, 6.07) is 9.99. The number of nitrogens with zero attached hydrogens (tertiary/aromatic N) is 2. The van der Waals surface area contributed by atoms with Gasteiger partial charge in [0.05, 0.1) is 25.3 Å². The van der Waals surface area contributed by atoms with Crippen molar-refractivity contribution in [3.05, 3.63) is 47.0 Å². The van der Waals surface area contributed by atoms with Gasteiger partial charge in [-0.2, -0.15) is 0 Å². The van der Waals surface area contributed by atoms with Crippen LogP contribution in [0.3, 0.4) is 0 Å². The Balaban J connectivity index is 0.000000850. The lowest BCUT2D eigenvalue weighted by Gasteiger charge is -2.32. The molecule has 1 aliphatic heterocycles. The van der Waals surface area contributed by atoms with Crippen LogP contribution in [-0.2, 0) is 32.0 Å². The van der Waals surface area contributed by atoms with E-state index in [0.717, 1.165) is 46.2 Å². The number of carbonyl (C=O) groups excluding carboxylic acids is 1. The molecule has 1 aromatic carbocycles. The molecular formula is C27H36ClN3O7S3. The maximum atomic E-state index is 13.6. The summed E-state index contributed by atoms with van der Waals surface area (Å²) in [5.41, 5.74) is 4.42. The van der Waals surface area contributed by atoms with E-state index in [9.17, 15) is 21.6 Å². The maximum Gasteiger partial charge on any atom is 0.270 e. The molecule has 3 aromatic rings. The average molecular weight is 646 g/mol. The first-order valence-electron chi connectivity index (χ1n) is 12.6. The summed E-state index contributed by atoms with van der Waals surface area (Å²) in [5, 5.41) is 2.03. The van der Waals surface area contributed by atoms with Gasteiger partial charge in [0, 0.05) is 52.4 Å². The van der Waals surface area contributed by atoms with Gasteiger partial charge in [-0.05, 0) is 62.4 Å². The zero-order chi connectivity index (χ0) is 30.8. The number of thiophene rings is 1. The van der Waals surface area contributed by atoms with E-state index >= 15 is 0 Å². The molecule has 4 rings (SSSR count). The number of fused-ring (bicyclic) bond motifs is 3. The average Bonchev–Trinajstić information content (AvgIpc) is 3.51. The van der Waals surface area contributed by atoms with Crippen LogP contribution >= 0.6 is 22.0 Å². The second kappa shape index (κ2) is 12.7. The first-order chi connectivity index (χ1) is 18.9. The molecule has 0 atom stereocenters. The van der Waals surface area contributed by atoms with Crippen LogP contribution in [0.5, 0.6) is 11.5 Å². The lowest BCUT2D eigenvalue weighted by Crippen LogP contribution is -2.43. The van der Waals surface area contributed by atoms with Crippen LogP contribution in [0.2, 0.25) is 0 Å². The van der Waals surface area contributed by atoms with Crippen LogP contribution in [0, 0.1) is 0 Å². The number of hydrogen-bond acceptors (Lipinski definition) is 8. The Labute approximate surface area is 250 Å². The Morgan fingerprint density at radius 3 is 2.32 bits per heavy atom. The molecule has 226 valence electrons. The molecule has 0 saturated carbocycles. The number of sulfonamides is 1. The molecular weight excluding hydrogens is 610 g/mol. The molecule has 2 aromatic heterocycles. The van der Waals surface area contributed by atoms with Crippen molar-refractivity contribution in [2.75, 3.05) is 39.8 Å². The number of rotatable bonds is 8. The smallest absolute Gasteiger partial charge is 0.270 e. The third-order valence-corrected chi connectivity index (χ3v) is 8.02. The van der Waals surface area contributed by atoms with Crippen molar-refractivity contribution in [3.8, 4) is 33.2 Å². The van der Waals surface area contributed by atoms with Gasteiger partial charge in [0.2, 0.25) is 19.1 Å². The van der Waals surface area contributed by atoms with Crippen molar-refractivity contribution in [1.82, 2.24) is 14.2 Å². The largest absolute Gasteiger partial charge is 0.493 e. The van der Waals surface area contributed by atoms with Crippen LogP contribution in [0.4, 0.5) is 0 Å². The number of hydrogen-bond donors (Lipinski definition) is 1. The normalized spacial score (nSPS) is 13.0. The molecule has 0 bridgehead atoms. The summed E-state index contributed by atoms with van der Waals surface area (Å²) in [5.74, 6) is 1.10. The summed E-state index contributed by atoms with van der Waals surface area (Å²) in [6.07, 6.45) is 2.78. The SMILES string of the molecule is COc1cc2c(cc1OCCNS(C)(=O)=O)-c1c(-c3cccs3)cc(C(=O)N(C)C(C)(C)C)n1CC2.CS(=O)(=O)Cl. The molecule has 3 heterocycles. The number of halogens is 1. The van der Waals surface area contributed by atoms with Crippen LogP contribution in [0.25, 0.3) is 21.7 Å². The van der Waals surface area contributed by atoms with Gasteiger partial charge in [-0.25, -0.2) is 21.6 Å². The molecule has 14 heteroatoms. The topological polar surface area (TPSA) is 124 Å². The third-order valence-electron chi connectivity index (χ3n) is 6.39. The number of benzene rings is 1. The summed E-state index contributed by atoms with van der Waals surface area (Å²) in [4.78, 5) is 16.5. The number of aromatic nitrogens is 1. The second-order valence-corrected chi connectivity index (χ2v) is 16.4. The minimum atomic E-state index is -3.30. The Kier molecular flexibility index (Phi) is 10.2. The Morgan fingerprint density at radius 1 is 1.12 bits per heavy atom. The summed E-state index contributed by atoms with van der Waals surface area (Å²) in [6.45, 7) is 7.04. The zero-order valence-electron chi connectivity index (χ0n) is 24.1. The highest BCUT2D eigenvalue weighted by Crippen LogP contribution is 2.45. The Morgan fingerprint density at radius 2 is 1.78 bits per heavy atom. The molecule has 1 N–H and O–H groups in total. The zero-order valence-corrected chi connectivity index (χ0v) is 27.4. The summed E-state index contributed by atoms with van der Waals surface area (Å²) >= 11 is 1.63. The van der Waals surface area contributed by atoms with Crippen molar-refractivity contribution >= 4 is 47.0 Å². The fourth-order valence-corrected chi connectivity index (χ4v) is 5.46. The number of carbonyl (C=O) groups is 1. The highest BCUT2D eigenvalue weighted by Gasteiger charge is 2.32. The molecule has 0 saturated heterocycles. The van der Waals surface area contributed by atoms with E-state index in [4.69, 9.17) is 9.47 Å². The number of ether oxygens (including phenoxy) is 2.